The van der Waals surface area contributed by atoms with E-state index in [4.69, 9.17) is 10.8 Å². The predicted molar refractivity (Wildman–Crippen MR) is 59.6 cm³/mol. The molecule has 3 N–H and O–H groups in total. The molecule has 14 heavy (non-hydrogen) atoms. The third-order valence-corrected chi connectivity index (χ3v) is 2.07. The highest BCUT2D eigenvalue weighted by Gasteiger charge is 2.05. The smallest absolute Gasteiger partial charge is 0.0448 e. The number of hydrogen-bond donors (Lipinski definition) is 2. The van der Waals surface area contributed by atoms with Crippen molar-refractivity contribution in [2.45, 2.75) is 25.8 Å². The van der Waals surface area contributed by atoms with Crippen LogP contribution in [0.3, 0.4) is 0 Å². The summed E-state index contributed by atoms with van der Waals surface area (Å²) in [5.41, 5.74) is 7.98. The lowest BCUT2D eigenvalue weighted by molar-refractivity contribution is 0.275. The van der Waals surface area contributed by atoms with E-state index in [0.29, 0.717) is 6.42 Å². The first-order chi connectivity index (χ1) is 6.24. The van der Waals surface area contributed by atoms with E-state index < -0.39 is 0 Å². The number of halogens is 1. The van der Waals surface area contributed by atoms with E-state index in [1.54, 1.807) is 6.20 Å². The van der Waals surface area contributed by atoms with E-state index in [9.17, 15) is 0 Å². The highest BCUT2D eigenvalue weighted by Crippen LogP contribution is 2.06. The van der Waals surface area contributed by atoms with Crippen LogP contribution in [0.1, 0.15) is 17.7 Å². The fraction of sp³-hybridized carbons (Fsp3) is 0.500. The Hall–Kier alpha value is -0.640. The van der Waals surface area contributed by atoms with Crippen LogP contribution in [0.5, 0.6) is 0 Å². The SMILES string of the molecule is Cc1cccnc1C[C@@H](N)CCO.Cl. The summed E-state index contributed by atoms with van der Waals surface area (Å²) in [7, 11) is 0. The molecule has 3 nitrogen and oxygen atoms in total. The average Bonchev–Trinajstić information content (AvgIpc) is 2.09. The van der Waals surface area contributed by atoms with E-state index in [1.807, 2.05) is 19.1 Å². The Morgan fingerprint density at radius 3 is 2.86 bits per heavy atom. The summed E-state index contributed by atoms with van der Waals surface area (Å²) in [4.78, 5) is 4.24. The molecule has 0 aliphatic rings. The van der Waals surface area contributed by atoms with Gasteiger partial charge in [-0.1, -0.05) is 6.07 Å². The monoisotopic (exact) mass is 216 g/mol. The molecule has 0 amide bonds. The van der Waals surface area contributed by atoms with Gasteiger partial charge < -0.3 is 10.8 Å². The van der Waals surface area contributed by atoms with E-state index in [1.165, 1.54) is 0 Å². The second-order valence-electron chi connectivity index (χ2n) is 3.24. The van der Waals surface area contributed by atoms with Crippen molar-refractivity contribution in [3.8, 4) is 0 Å². The summed E-state index contributed by atoms with van der Waals surface area (Å²) < 4.78 is 0. The van der Waals surface area contributed by atoms with Gasteiger partial charge in [-0.25, -0.2) is 0 Å². The molecule has 1 aromatic heterocycles. The highest BCUT2D eigenvalue weighted by molar-refractivity contribution is 5.85. The van der Waals surface area contributed by atoms with Crippen LogP contribution >= 0.6 is 12.4 Å². The molecule has 1 rings (SSSR count). The first-order valence-electron chi connectivity index (χ1n) is 4.51. The molecule has 0 saturated heterocycles. The van der Waals surface area contributed by atoms with Crippen molar-refractivity contribution in [2.24, 2.45) is 5.73 Å². The summed E-state index contributed by atoms with van der Waals surface area (Å²) in [6.07, 6.45) is 3.15. The Morgan fingerprint density at radius 2 is 2.29 bits per heavy atom. The molecular weight excluding hydrogens is 200 g/mol. The molecule has 0 radical (unpaired) electrons. The van der Waals surface area contributed by atoms with Gasteiger partial charge in [0.15, 0.2) is 0 Å². The number of hydrogen-bond acceptors (Lipinski definition) is 3. The van der Waals surface area contributed by atoms with Crippen LogP contribution in [-0.2, 0) is 6.42 Å². The van der Waals surface area contributed by atoms with E-state index in [2.05, 4.69) is 4.98 Å². The van der Waals surface area contributed by atoms with Gasteiger partial charge in [0, 0.05) is 31.0 Å². The van der Waals surface area contributed by atoms with Crippen molar-refractivity contribution in [3.63, 3.8) is 0 Å². The van der Waals surface area contributed by atoms with E-state index in [-0.39, 0.29) is 25.1 Å². The van der Waals surface area contributed by atoms with E-state index >= 15 is 0 Å². The summed E-state index contributed by atoms with van der Waals surface area (Å²) >= 11 is 0. The molecule has 0 bridgehead atoms. The third-order valence-electron chi connectivity index (χ3n) is 2.07. The van der Waals surface area contributed by atoms with Gasteiger partial charge in [-0.2, -0.15) is 0 Å². The zero-order valence-corrected chi connectivity index (χ0v) is 9.13. The highest BCUT2D eigenvalue weighted by atomic mass is 35.5. The van der Waals surface area contributed by atoms with Gasteiger partial charge in [-0.3, -0.25) is 4.98 Å². The minimum Gasteiger partial charge on any atom is -0.396 e. The maximum Gasteiger partial charge on any atom is 0.0448 e. The van der Waals surface area contributed by atoms with Gasteiger partial charge in [-0.15, -0.1) is 12.4 Å². The molecule has 1 heterocycles. The quantitative estimate of drug-likeness (QED) is 0.792. The second-order valence-corrected chi connectivity index (χ2v) is 3.24. The molecule has 0 aliphatic carbocycles. The lowest BCUT2D eigenvalue weighted by Crippen LogP contribution is -2.24. The van der Waals surface area contributed by atoms with E-state index in [0.717, 1.165) is 17.7 Å². The zero-order chi connectivity index (χ0) is 9.68. The minimum atomic E-state index is 0. The summed E-state index contributed by atoms with van der Waals surface area (Å²) in [6.45, 7) is 2.17. The van der Waals surface area contributed by atoms with Crippen LogP contribution < -0.4 is 5.73 Å². The first-order valence-corrected chi connectivity index (χ1v) is 4.51. The van der Waals surface area contributed by atoms with Crippen LogP contribution in [0, 0.1) is 6.92 Å². The topological polar surface area (TPSA) is 59.1 Å². The minimum absolute atomic E-state index is 0. The van der Waals surface area contributed by atoms with Crippen LogP contribution in [-0.4, -0.2) is 22.7 Å². The maximum atomic E-state index is 8.68. The van der Waals surface area contributed by atoms with Gasteiger partial charge >= 0.3 is 0 Å². The van der Waals surface area contributed by atoms with Crippen LogP contribution in [0.15, 0.2) is 18.3 Å². The van der Waals surface area contributed by atoms with Crippen LogP contribution in [0.2, 0.25) is 0 Å². The summed E-state index contributed by atoms with van der Waals surface area (Å²) in [5, 5.41) is 8.68. The average molecular weight is 217 g/mol. The third kappa shape index (κ3) is 4.05. The Bertz CT molecular complexity index is 268. The number of nitrogens with zero attached hydrogens (tertiary/aromatic N) is 1. The predicted octanol–water partition coefficient (Wildman–Crippen LogP) is 1.06. The molecule has 0 unspecified atom stereocenters. The van der Waals surface area contributed by atoms with Crippen molar-refractivity contribution >= 4 is 12.4 Å². The van der Waals surface area contributed by atoms with Gasteiger partial charge in [0.2, 0.25) is 0 Å². The van der Waals surface area contributed by atoms with Gasteiger partial charge in [-0.05, 0) is 25.0 Å². The molecule has 1 aromatic rings. The molecule has 0 spiro atoms. The lowest BCUT2D eigenvalue weighted by atomic mass is 10.1. The van der Waals surface area contributed by atoms with Crippen LogP contribution in [0.4, 0.5) is 0 Å². The van der Waals surface area contributed by atoms with Gasteiger partial charge in [0.1, 0.15) is 0 Å². The largest absolute Gasteiger partial charge is 0.396 e. The summed E-state index contributed by atoms with van der Waals surface area (Å²) in [6, 6.07) is 3.95. The van der Waals surface area contributed by atoms with Crippen molar-refractivity contribution in [1.29, 1.82) is 0 Å². The van der Waals surface area contributed by atoms with Crippen molar-refractivity contribution in [2.75, 3.05) is 6.61 Å². The molecule has 0 saturated carbocycles. The normalized spacial score (nSPS) is 11.9. The number of aliphatic hydroxyl groups excluding tert-OH is 1. The van der Waals surface area contributed by atoms with Crippen molar-refractivity contribution < 1.29 is 5.11 Å². The fourth-order valence-corrected chi connectivity index (χ4v) is 1.25. The molecule has 80 valence electrons. The Morgan fingerprint density at radius 1 is 1.57 bits per heavy atom. The van der Waals surface area contributed by atoms with Gasteiger partial charge in [0.25, 0.3) is 0 Å². The molecule has 0 aliphatic heterocycles. The van der Waals surface area contributed by atoms with Crippen LogP contribution in [0.25, 0.3) is 0 Å². The fourth-order valence-electron chi connectivity index (χ4n) is 1.25. The first kappa shape index (κ1) is 13.4. The maximum absolute atomic E-state index is 8.68. The Kier molecular flexibility index (Phi) is 6.45. The number of aryl methyl sites for hydroxylation is 1. The molecule has 0 aromatic carbocycles. The molecule has 4 heteroatoms. The molecule has 1 atom stereocenters. The summed E-state index contributed by atoms with van der Waals surface area (Å²) in [5.74, 6) is 0. The van der Waals surface area contributed by atoms with Gasteiger partial charge in [0.05, 0.1) is 0 Å². The number of aromatic nitrogens is 1. The lowest BCUT2D eigenvalue weighted by Gasteiger charge is -2.10. The molecular formula is C10H17ClN2O. The Labute approximate surface area is 90.8 Å². The van der Waals surface area contributed by atoms with Crippen molar-refractivity contribution in [3.05, 3.63) is 29.6 Å². The zero-order valence-electron chi connectivity index (χ0n) is 8.31. The number of aliphatic hydroxyl groups is 1. The van der Waals surface area contributed by atoms with Crippen molar-refractivity contribution in [1.82, 2.24) is 4.98 Å². The second kappa shape index (κ2) is 6.76. The Balaban J connectivity index is 0.00000169. The molecule has 0 fully saturated rings. The standard InChI is InChI=1S/C10H16N2O.ClH/c1-8-3-2-5-12-10(8)7-9(11)4-6-13;/h2-3,5,9,13H,4,6-7,11H2,1H3;1H/t9-;/m0./s1. The number of pyridine rings is 1. The number of nitrogens with two attached hydrogens (primary N) is 1. The number of rotatable bonds is 4.